The van der Waals surface area contributed by atoms with Gasteiger partial charge in [0.1, 0.15) is 5.82 Å². The molecule has 2 rings (SSSR count). The van der Waals surface area contributed by atoms with Gasteiger partial charge in [-0.05, 0) is 12.1 Å². The van der Waals surface area contributed by atoms with Gasteiger partial charge in [0.15, 0.2) is 0 Å². The average molecular weight is 284 g/mol. The quantitative estimate of drug-likeness (QED) is 0.941. The molecule has 0 amide bonds. The van der Waals surface area contributed by atoms with Gasteiger partial charge in [0.05, 0.1) is 24.1 Å². The van der Waals surface area contributed by atoms with Gasteiger partial charge < -0.3 is 10.3 Å². The monoisotopic (exact) mass is 283 g/mol. The highest BCUT2D eigenvalue weighted by molar-refractivity contribution is 5.85. The lowest BCUT2D eigenvalue weighted by Gasteiger charge is -2.06. The molecule has 17 heavy (non-hydrogen) atoms. The number of alkyl halides is 2. The molecule has 2 N–H and O–H groups in total. The van der Waals surface area contributed by atoms with Crippen molar-refractivity contribution in [1.29, 1.82) is 0 Å². The highest BCUT2D eigenvalue weighted by Gasteiger charge is 2.12. The van der Waals surface area contributed by atoms with Crippen molar-refractivity contribution in [3.05, 3.63) is 30.1 Å². The maximum atomic E-state index is 12.4. The van der Waals surface area contributed by atoms with E-state index in [-0.39, 0.29) is 37.9 Å². The minimum Gasteiger partial charge on any atom is -0.324 e. The van der Waals surface area contributed by atoms with Gasteiger partial charge in [-0.25, -0.2) is 13.8 Å². The van der Waals surface area contributed by atoms with Gasteiger partial charge in [-0.2, -0.15) is 0 Å². The lowest BCUT2D eigenvalue weighted by Crippen LogP contribution is -2.12. The van der Waals surface area contributed by atoms with Crippen molar-refractivity contribution in [3.8, 4) is 0 Å². The lowest BCUT2D eigenvalue weighted by atomic mass is 10.3. The summed E-state index contributed by atoms with van der Waals surface area (Å²) in [5, 5.41) is 0. The van der Waals surface area contributed by atoms with Gasteiger partial charge in [-0.3, -0.25) is 0 Å². The second-order valence-corrected chi connectivity index (χ2v) is 3.22. The molecule has 1 aromatic heterocycles. The van der Waals surface area contributed by atoms with Crippen LogP contribution in [0, 0.1) is 0 Å². The molecule has 7 heteroatoms. The second-order valence-electron chi connectivity index (χ2n) is 3.22. The van der Waals surface area contributed by atoms with E-state index in [1.54, 1.807) is 18.2 Å². The van der Waals surface area contributed by atoms with Crippen molar-refractivity contribution in [2.75, 3.05) is 0 Å². The molecule has 3 nitrogen and oxygen atoms in total. The Morgan fingerprint density at radius 3 is 2.47 bits per heavy atom. The number of halogens is 4. The molecule has 0 radical (unpaired) electrons. The lowest BCUT2D eigenvalue weighted by molar-refractivity contribution is 0.127. The third-order valence-electron chi connectivity index (χ3n) is 2.24. The molecule has 1 aromatic carbocycles. The molecule has 0 unspecified atom stereocenters. The van der Waals surface area contributed by atoms with Crippen molar-refractivity contribution in [1.82, 2.24) is 9.55 Å². The summed E-state index contributed by atoms with van der Waals surface area (Å²) in [4.78, 5) is 4.19. The topological polar surface area (TPSA) is 43.8 Å². The summed E-state index contributed by atoms with van der Waals surface area (Å²) in [6.07, 6.45) is -2.40. The number of hydrogen-bond acceptors (Lipinski definition) is 2. The SMILES string of the molecule is Cl.Cl.NCc1nc2ccccc2n1CC(F)F. The Kier molecular flexibility index (Phi) is 6.37. The van der Waals surface area contributed by atoms with Crippen molar-refractivity contribution in [2.24, 2.45) is 5.73 Å². The third-order valence-corrected chi connectivity index (χ3v) is 2.24. The number of nitrogens with zero attached hydrogens (tertiary/aromatic N) is 2. The van der Waals surface area contributed by atoms with E-state index < -0.39 is 6.43 Å². The van der Waals surface area contributed by atoms with Crippen LogP contribution in [0.4, 0.5) is 8.78 Å². The van der Waals surface area contributed by atoms with Gasteiger partial charge >= 0.3 is 0 Å². The number of hydrogen-bond donors (Lipinski definition) is 1. The molecule has 0 saturated carbocycles. The highest BCUT2D eigenvalue weighted by atomic mass is 35.5. The first-order valence-electron chi connectivity index (χ1n) is 4.64. The van der Waals surface area contributed by atoms with Crippen molar-refractivity contribution >= 4 is 35.8 Å². The average Bonchev–Trinajstić information content (AvgIpc) is 2.56. The maximum absolute atomic E-state index is 12.4. The second kappa shape index (κ2) is 6.74. The van der Waals surface area contributed by atoms with Gasteiger partial charge in [0.2, 0.25) is 0 Å². The summed E-state index contributed by atoms with van der Waals surface area (Å²) in [5.74, 6) is 0.497. The summed E-state index contributed by atoms with van der Waals surface area (Å²) in [6.45, 7) is -0.186. The van der Waals surface area contributed by atoms with Crippen LogP contribution in [0.25, 0.3) is 11.0 Å². The Labute approximate surface area is 110 Å². The molecule has 0 fully saturated rings. The molecule has 0 aliphatic carbocycles. The molecule has 0 spiro atoms. The normalized spacial score (nSPS) is 10.1. The van der Waals surface area contributed by atoms with Crippen LogP contribution in [-0.2, 0) is 13.1 Å². The Morgan fingerprint density at radius 1 is 1.24 bits per heavy atom. The smallest absolute Gasteiger partial charge is 0.256 e. The number of nitrogens with two attached hydrogens (primary N) is 1. The van der Waals surface area contributed by atoms with Crippen LogP contribution in [0.3, 0.4) is 0 Å². The van der Waals surface area contributed by atoms with E-state index in [2.05, 4.69) is 4.98 Å². The van der Waals surface area contributed by atoms with Crippen LogP contribution in [0.1, 0.15) is 5.82 Å². The molecule has 0 saturated heterocycles. The van der Waals surface area contributed by atoms with E-state index in [4.69, 9.17) is 5.73 Å². The summed E-state index contributed by atoms with van der Waals surface area (Å²) in [7, 11) is 0. The fourth-order valence-electron chi connectivity index (χ4n) is 1.62. The van der Waals surface area contributed by atoms with Crippen LogP contribution in [-0.4, -0.2) is 16.0 Å². The third kappa shape index (κ3) is 3.28. The van der Waals surface area contributed by atoms with E-state index in [0.717, 1.165) is 0 Å². The van der Waals surface area contributed by atoms with Crippen LogP contribution in [0.2, 0.25) is 0 Å². The zero-order valence-electron chi connectivity index (χ0n) is 8.85. The summed E-state index contributed by atoms with van der Waals surface area (Å²) >= 11 is 0. The first kappa shape index (κ1) is 16.1. The molecular weight excluding hydrogens is 271 g/mol. The molecule has 0 aliphatic heterocycles. The zero-order valence-corrected chi connectivity index (χ0v) is 10.5. The molecule has 1 heterocycles. The molecule has 96 valence electrons. The number of imidazole rings is 1. The summed E-state index contributed by atoms with van der Waals surface area (Å²) in [5.41, 5.74) is 6.88. The van der Waals surface area contributed by atoms with E-state index in [1.165, 1.54) is 4.57 Å². The Morgan fingerprint density at radius 2 is 1.88 bits per heavy atom. The number of fused-ring (bicyclic) bond motifs is 1. The minimum absolute atomic E-state index is 0. The first-order valence-corrected chi connectivity index (χ1v) is 4.64. The van der Waals surface area contributed by atoms with E-state index in [9.17, 15) is 8.78 Å². The van der Waals surface area contributed by atoms with E-state index in [1.807, 2.05) is 6.07 Å². The predicted octanol–water partition coefficient (Wildman–Crippen LogP) is 2.60. The molecule has 0 aliphatic rings. The molecule has 0 atom stereocenters. The number of rotatable bonds is 3. The van der Waals surface area contributed by atoms with Crippen LogP contribution < -0.4 is 5.73 Å². The standard InChI is InChI=1S/C10H11F2N3.2ClH/c11-9(12)6-15-8-4-2-1-3-7(8)14-10(15)5-13;;/h1-4,9H,5-6,13H2;2*1H. The largest absolute Gasteiger partial charge is 0.324 e. The van der Waals surface area contributed by atoms with Crippen LogP contribution in [0.5, 0.6) is 0 Å². The van der Waals surface area contributed by atoms with Gasteiger partial charge in [-0.1, -0.05) is 12.1 Å². The Hall–Kier alpha value is -0.910. The molecular formula is C10H13Cl2F2N3. The molecule has 0 bridgehead atoms. The van der Waals surface area contributed by atoms with Crippen LogP contribution >= 0.6 is 24.8 Å². The Balaban J connectivity index is 0.00000128. The summed E-state index contributed by atoms with van der Waals surface area (Å²) < 4.78 is 26.2. The first-order chi connectivity index (χ1) is 7.22. The molecule has 2 aromatic rings. The zero-order chi connectivity index (χ0) is 10.8. The minimum atomic E-state index is -2.40. The van der Waals surface area contributed by atoms with Gasteiger partial charge in [0, 0.05) is 0 Å². The number of para-hydroxylation sites is 2. The highest BCUT2D eigenvalue weighted by Crippen LogP contribution is 2.17. The predicted molar refractivity (Wildman–Crippen MR) is 68.1 cm³/mol. The van der Waals surface area contributed by atoms with Crippen molar-refractivity contribution in [3.63, 3.8) is 0 Å². The summed E-state index contributed by atoms with van der Waals surface area (Å²) in [6, 6.07) is 7.18. The van der Waals surface area contributed by atoms with Crippen LogP contribution in [0.15, 0.2) is 24.3 Å². The van der Waals surface area contributed by atoms with Gasteiger partial charge in [0.25, 0.3) is 6.43 Å². The fraction of sp³-hybridized carbons (Fsp3) is 0.300. The number of benzene rings is 1. The van der Waals surface area contributed by atoms with Gasteiger partial charge in [-0.15, -0.1) is 24.8 Å². The fourth-order valence-corrected chi connectivity index (χ4v) is 1.62. The van der Waals surface area contributed by atoms with E-state index >= 15 is 0 Å². The van der Waals surface area contributed by atoms with Crippen molar-refractivity contribution in [2.45, 2.75) is 19.5 Å². The Bertz CT molecular complexity index is 474. The van der Waals surface area contributed by atoms with E-state index in [0.29, 0.717) is 16.9 Å². The maximum Gasteiger partial charge on any atom is 0.256 e. The number of aromatic nitrogens is 2. The van der Waals surface area contributed by atoms with Crippen molar-refractivity contribution < 1.29 is 8.78 Å².